The van der Waals surface area contributed by atoms with E-state index in [1.165, 1.54) is 0 Å². The van der Waals surface area contributed by atoms with Gasteiger partial charge in [0.25, 0.3) is 0 Å². The Kier molecular flexibility index (Phi) is 16.7. The van der Waals surface area contributed by atoms with Gasteiger partial charge in [-0.3, -0.25) is 9.59 Å². The van der Waals surface area contributed by atoms with Crippen molar-refractivity contribution in [3.05, 3.63) is 0 Å². The van der Waals surface area contributed by atoms with Crippen molar-refractivity contribution in [3.63, 3.8) is 0 Å². The summed E-state index contributed by atoms with van der Waals surface area (Å²) < 4.78 is 15.8. The molecule has 0 fully saturated rings. The van der Waals surface area contributed by atoms with Crippen LogP contribution in [-0.2, 0) is 23.8 Å². The van der Waals surface area contributed by atoms with E-state index in [9.17, 15) is 14.7 Å². The Bertz CT molecular complexity index is 529. The van der Waals surface area contributed by atoms with Gasteiger partial charge in [0.05, 0.1) is 36.3 Å². The molecule has 33 heavy (non-hydrogen) atoms. The van der Waals surface area contributed by atoms with Gasteiger partial charge in [0.15, 0.2) is 0 Å². The third-order valence-electron chi connectivity index (χ3n) is 6.48. The molecule has 0 amide bonds. The second-order valence-corrected chi connectivity index (χ2v) is 10.5. The number of aliphatic hydroxyl groups is 1. The van der Waals surface area contributed by atoms with Gasteiger partial charge < -0.3 is 19.3 Å². The van der Waals surface area contributed by atoms with Crippen molar-refractivity contribution in [1.82, 2.24) is 0 Å². The summed E-state index contributed by atoms with van der Waals surface area (Å²) >= 11 is 0. The number of ether oxygens (including phenoxy) is 3. The predicted molar refractivity (Wildman–Crippen MR) is 133 cm³/mol. The van der Waals surface area contributed by atoms with Crippen LogP contribution in [0.5, 0.6) is 0 Å². The summed E-state index contributed by atoms with van der Waals surface area (Å²) in [7, 11) is 1.67. The van der Waals surface area contributed by atoms with Crippen LogP contribution in [0.15, 0.2) is 0 Å². The Morgan fingerprint density at radius 3 is 1.48 bits per heavy atom. The second kappa shape index (κ2) is 17.3. The number of rotatable bonds is 20. The fourth-order valence-electron chi connectivity index (χ4n) is 4.05. The fourth-order valence-corrected chi connectivity index (χ4v) is 4.05. The first-order chi connectivity index (χ1) is 15.5. The first-order valence-electron chi connectivity index (χ1n) is 13.1. The Morgan fingerprint density at radius 1 is 0.697 bits per heavy atom. The van der Waals surface area contributed by atoms with Crippen LogP contribution in [-0.4, -0.2) is 49.6 Å². The van der Waals surface area contributed by atoms with Gasteiger partial charge in [0.1, 0.15) is 0 Å². The first-order valence-corrected chi connectivity index (χ1v) is 13.1. The standard InChI is InChI=1S/C27H52O6/c1-8-32-24(29)26(3,4)20-16-12-10-14-18-22(28)23(31-7)19-15-11-13-17-21-27(5,6)25(30)33-9-2/h22-23,28H,8-21H2,1-7H3. The van der Waals surface area contributed by atoms with Crippen molar-refractivity contribution in [3.8, 4) is 0 Å². The summed E-state index contributed by atoms with van der Waals surface area (Å²) in [5.74, 6) is -0.235. The van der Waals surface area contributed by atoms with Gasteiger partial charge in [-0.1, -0.05) is 51.4 Å². The van der Waals surface area contributed by atoms with Gasteiger partial charge in [0, 0.05) is 7.11 Å². The lowest BCUT2D eigenvalue weighted by Gasteiger charge is -2.23. The lowest BCUT2D eigenvalue weighted by molar-refractivity contribution is -0.154. The maximum Gasteiger partial charge on any atom is 0.311 e. The quantitative estimate of drug-likeness (QED) is 0.167. The minimum Gasteiger partial charge on any atom is -0.466 e. The molecule has 6 nitrogen and oxygen atoms in total. The molecule has 0 radical (unpaired) electrons. The fraction of sp³-hybridized carbons (Fsp3) is 0.926. The zero-order chi connectivity index (χ0) is 25.3. The Morgan fingerprint density at radius 2 is 1.09 bits per heavy atom. The number of unbranched alkanes of at least 4 members (excludes halogenated alkanes) is 6. The summed E-state index contributed by atoms with van der Waals surface area (Å²) in [6.07, 6.45) is 10.9. The molecule has 0 spiro atoms. The van der Waals surface area contributed by atoms with Crippen LogP contribution < -0.4 is 0 Å². The van der Waals surface area contributed by atoms with E-state index >= 15 is 0 Å². The highest BCUT2D eigenvalue weighted by Gasteiger charge is 2.29. The molecule has 0 aromatic rings. The average molecular weight is 473 g/mol. The summed E-state index contributed by atoms with van der Waals surface area (Å²) in [6, 6.07) is 0. The van der Waals surface area contributed by atoms with Crippen LogP contribution in [0.1, 0.15) is 119 Å². The number of carbonyl (C=O) groups excluding carboxylic acids is 2. The van der Waals surface area contributed by atoms with Crippen molar-refractivity contribution < 1.29 is 28.9 Å². The number of methoxy groups -OCH3 is 1. The van der Waals surface area contributed by atoms with E-state index in [1.54, 1.807) is 7.11 Å². The molecule has 0 saturated carbocycles. The van der Waals surface area contributed by atoms with Crippen LogP contribution in [0, 0.1) is 10.8 Å². The highest BCUT2D eigenvalue weighted by molar-refractivity contribution is 5.76. The molecule has 0 aliphatic rings. The molecule has 6 heteroatoms. The Labute approximate surface area is 203 Å². The van der Waals surface area contributed by atoms with Crippen LogP contribution in [0.25, 0.3) is 0 Å². The highest BCUT2D eigenvalue weighted by Crippen LogP contribution is 2.27. The Hall–Kier alpha value is -1.14. The second-order valence-electron chi connectivity index (χ2n) is 10.5. The zero-order valence-corrected chi connectivity index (χ0v) is 22.5. The predicted octanol–water partition coefficient (Wildman–Crippen LogP) is 6.22. The Balaban J connectivity index is 3.96. The molecular weight excluding hydrogens is 420 g/mol. The van der Waals surface area contributed by atoms with E-state index in [1.807, 2.05) is 41.5 Å². The summed E-state index contributed by atoms with van der Waals surface area (Å²) in [4.78, 5) is 23.9. The zero-order valence-electron chi connectivity index (χ0n) is 22.5. The minimum absolute atomic E-state index is 0.115. The van der Waals surface area contributed by atoms with E-state index in [2.05, 4.69) is 0 Å². The van der Waals surface area contributed by atoms with Crippen molar-refractivity contribution in [1.29, 1.82) is 0 Å². The SMILES string of the molecule is CCOC(=O)C(C)(C)CCCCCCC(O)C(CCCCCCC(C)(C)C(=O)OCC)OC. The third kappa shape index (κ3) is 14.0. The van der Waals surface area contributed by atoms with Crippen LogP contribution in [0.2, 0.25) is 0 Å². The highest BCUT2D eigenvalue weighted by atomic mass is 16.5. The summed E-state index contributed by atoms with van der Waals surface area (Å²) in [5, 5.41) is 10.5. The maximum atomic E-state index is 11.9. The minimum atomic E-state index is -0.436. The van der Waals surface area contributed by atoms with Gasteiger partial charge >= 0.3 is 11.9 Å². The van der Waals surface area contributed by atoms with E-state index < -0.39 is 16.9 Å². The van der Waals surface area contributed by atoms with Crippen LogP contribution >= 0.6 is 0 Å². The third-order valence-corrected chi connectivity index (χ3v) is 6.48. The number of carbonyl (C=O) groups is 2. The molecule has 1 N–H and O–H groups in total. The molecule has 0 rings (SSSR count). The molecule has 0 aromatic heterocycles. The summed E-state index contributed by atoms with van der Waals surface area (Å²) in [5.41, 5.74) is -0.846. The first kappa shape index (κ1) is 31.9. The van der Waals surface area contributed by atoms with Crippen molar-refractivity contribution >= 4 is 11.9 Å². The van der Waals surface area contributed by atoms with Gasteiger partial charge in [0.2, 0.25) is 0 Å². The summed E-state index contributed by atoms with van der Waals surface area (Å²) in [6.45, 7) is 12.3. The van der Waals surface area contributed by atoms with Crippen molar-refractivity contribution in [2.45, 2.75) is 131 Å². The lowest BCUT2D eigenvalue weighted by atomic mass is 9.86. The number of hydrogen-bond donors (Lipinski definition) is 1. The monoisotopic (exact) mass is 472 g/mol. The van der Waals surface area contributed by atoms with E-state index in [4.69, 9.17) is 14.2 Å². The largest absolute Gasteiger partial charge is 0.466 e. The van der Waals surface area contributed by atoms with Gasteiger partial charge in [-0.2, -0.15) is 0 Å². The molecule has 2 unspecified atom stereocenters. The van der Waals surface area contributed by atoms with Crippen LogP contribution in [0.4, 0.5) is 0 Å². The topological polar surface area (TPSA) is 82.1 Å². The molecule has 0 aliphatic carbocycles. The van der Waals surface area contributed by atoms with Gasteiger partial charge in [-0.25, -0.2) is 0 Å². The molecule has 2 atom stereocenters. The molecular formula is C27H52O6. The van der Waals surface area contributed by atoms with E-state index in [-0.39, 0.29) is 18.0 Å². The maximum absolute atomic E-state index is 11.9. The number of hydrogen-bond acceptors (Lipinski definition) is 6. The average Bonchev–Trinajstić information content (AvgIpc) is 2.75. The molecule has 0 heterocycles. The molecule has 0 saturated heterocycles. The van der Waals surface area contributed by atoms with Crippen LogP contribution in [0.3, 0.4) is 0 Å². The number of aliphatic hydroxyl groups excluding tert-OH is 1. The molecule has 0 bridgehead atoms. The van der Waals surface area contributed by atoms with Crippen molar-refractivity contribution in [2.24, 2.45) is 10.8 Å². The smallest absolute Gasteiger partial charge is 0.311 e. The van der Waals surface area contributed by atoms with E-state index in [0.29, 0.717) is 13.2 Å². The molecule has 0 aromatic carbocycles. The van der Waals surface area contributed by atoms with Gasteiger partial charge in [-0.05, 0) is 67.2 Å². The normalized spacial score (nSPS) is 14.1. The molecule has 0 aliphatic heterocycles. The van der Waals surface area contributed by atoms with E-state index in [0.717, 1.165) is 77.0 Å². The van der Waals surface area contributed by atoms with Gasteiger partial charge in [-0.15, -0.1) is 0 Å². The number of esters is 2. The lowest BCUT2D eigenvalue weighted by Crippen LogP contribution is -2.28. The van der Waals surface area contributed by atoms with Crippen molar-refractivity contribution in [2.75, 3.05) is 20.3 Å². The molecule has 196 valence electrons.